The summed E-state index contributed by atoms with van der Waals surface area (Å²) in [5.41, 5.74) is 1.30. The molecule has 3 heteroatoms. The summed E-state index contributed by atoms with van der Waals surface area (Å²) in [6, 6.07) is 4.83. The van der Waals surface area contributed by atoms with Crippen LogP contribution in [0.1, 0.15) is 38.2 Å². The average molecular weight is 234 g/mol. The number of pyridine rings is 1. The molecule has 0 radical (unpaired) electrons. The van der Waals surface area contributed by atoms with Crippen LogP contribution in [0.25, 0.3) is 0 Å². The van der Waals surface area contributed by atoms with Gasteiger partial charge in [-0.2, -0.15) is 0 Å². The highest BCUT2D eigenvalue weighted by Gasteiger charge is 2.25. The molecule has 2 rings (SSSR count). The van der Waals surface area contributed by atoms with Crippen molar-refractivity contribution in [2.24, 2.45) is 0 Å². The third kappa shape index (κ3) is 2.78. The van der Waals surface area contributed by atoms with Gasteiger partial charge >= 0.3 is 0 Å². The highest BCUT2D eigenvalue weighted by atomic mass is 16.5. The largest absolute Gasteiger partial charge is 0.383 e. The highest BCUT2D eigenvalue weighted by Crippen LogP contribution is 2.25. The predicted octanol–water partition coefficient (Wildman–Crippen LogP) is 2.82. The van der Waals surface area contributed by atoms with Crippen molar-refractivity contribution in [3.05, 3.63) is 23.9 Å². The van der Waals surface area contributed by atoms with Crippen LogP contribution in [-0.4, -0.2) is 31.3 Å². The lowest BCUT2D eigenvalue weighted by atomic mass is 10.1. The molecule has 0 aliphatic carbocycles. The van der Waals surface area contributed by atoms with Gasteiger partial charge in [-0.3, -0.25) is 0 Å². The van der Waals surface area contributed by atoms with Crippen LogP contribution in [0.2, 0.25) is 0 Å². The number of nitrogens with zero attached hydrogens (tertiary/aromatic N) is 2. The van der Waals surface area contributed by atoms with Crippen LogP contribution in [0.15, 0.2) is 18.3 Å². The van der Waals surface area contributed by atoms with Crippen molar-refractivity contribution in [1.82, 2.24) is 4.98 Å². The molecule has 0 saturated carbocycles. The summed E-state index contributed by atoms with van der Waals surface area (Å²) in [6.07, 6.45) is 4.45. The molecule has 3 nitrogen and oxygen atoms in total. The molecule has 17 heavy (non-hydrogen) atoms. The van der Waals surface area contributed by atoms with Gasteiger partial charge in [-0.25, -0.2) is 4.98 Å². The molecular weight excluding hydrogens is 212 g/mol. The molecule has 1 atom stereocenters. The number of hydrogen-bond acceptors (Lipinski definition) is 3. The first kappa shape index (κ1) is 12.4. The van der Waals surface area contributed by atoms with Crippen LogP contribution < -0.4 is 4.90 Å². The smallest absolute Gasteiger partial charge is 0.128 e. The second-order valence-corrected chi connectivity index (χ2v) is 5.05. The first-order valence-electron chi connectivity index (χ1n) is 6.44. The number of hydrogen-bond donors (Lipinski definition) is 0. The Kier molecular flexibility index (Phi) is 4.00. The van der Waals surface area contributed by atoms with Gasteiger partial charge in [0.25, 0.3) is 0 Å². The summed E-state index contributed by atoms with van der Waals surface area (Å²) >= 11 is 0. The van der Waals surface area contributed by atoms with Crippen LogP contribution in [-0.2, 0) is 4.74 Å². The van der Waals surface area contributed by atoms with Crippen molar-refractivity contribution in [2.75, 3.05) is 25.2 Å². The molecule has 0 unspecified atom stereocenters. The summed E-state index contributed by atoms with van der Waals surface area (Å²) in [6.45, 7) is 6.29. The standard InChI is InChI=1S/C14H22N2O/c1-11(2)12-6-7-14(15-9-12)16-8-4-5-13(16)10-17-3/h6-7,9,11,13H,4-5,8,10H2,1-3H3/t13-/m0/s1. The maximum atomic E-state index is 5.27. The number of methoxy groups -OCH3 is 1. The topological polar surface area (TPSA) is 25.4 Å². The summed E-state index contributed by atoms with van der Waals surface area (Å²) in [5.74, 6) is 1.64. The maximum Gasteiger partial charge on any atom is 0.128 e. The van der Waals surface area contributed by atoms with Crippen molar-refractivity contribution in [3.63, 3.8) is 0 Å². The lowest BCUT2D eigenvalue weighted by molar-refractivity contribution is 0.180. The Balaban J connectivity index is 2.10. The quantitative estimate of drug-likeness (QED) is 0.801. The Morgan fingerprint density at radius 1 is 1.47 bits per heavy atom. The molecule has 0 aromatic carbocycles. The van der Waals surface area contributed by atoms with Gasteiger partial charge in [-0.15, -0.1) is 0 Å². The third-order valence-electron chi connectivity index (χ3n) is 3.47. The van der Waals surface area contributed by atoms with Crippen LogP contribution in [0.5, 0.6) is 0 Å². The summed E-state index contributed by atoms with van der Waals surface area (Å²) < 4.78 is 5.27. The Morgan fingerprint density at radius 3 is 2.88 bits per heavy atom. The van der Waals surface area contributed by atoms with Crippen molar-refractivity contribution < 1.29 is 4.74 Å². The maximum absolute atomic E-state index is 5.27. The lowest BCUT2D eigenvalue weighted by Crippen LogP contribution is -2.33. The zero-order valence-electron chi connectivity index (χ0n) is 11.0. The van der Waals surface area contributed by atoms with Crippen LogP contribution in [0, 0.1) is 0 Å². The van der Waals surface area contributed by atoms with Crippen molar-refractivity contribution >= 4 is 5.82 Å². The van der Waals surface area contributed by atoms with Gasteiger partial charge in [-0.1, -0.05) is 19.9 Å². The Labute approximate surface area is 104 Å². The fraction of sp³-hybridized carbons (Fsp3) is 0.643. The molecule has 94 valence electrons. The predicted molar refractivity (Wildman–Crippen MR) is 70.6 cm³/mol. The van der Waals surface area contributed by atoms with Crippen molar-refractivity contribution in [2.45, 2.75) is 38.6 Å². The molecule has 0 N–H and O–H groups in total. The number of ether oxygens (including phenoxy) is 1. The van der Waals surface area contributed by atoms with Crippen LogP contribution in [0.4, 0.5) is 5.82 Å². The lowest BCUT2D eigenvalue weighted by Gasteiger charge is -2.25. The van der Waals surface area contributed by atoms with E-state index < -0.39 is 0 Å². The summed E-state index contributed by atoms with van der Waals surface area (Å²) in [4.78, 5) is 6.95. The van der Waals surface area contributed by atoms with E-state index in [0.29, 0.717) is 12.0 Å². The molecule has 1 fully saturated rings. The zero-order chi connectivity index (χ0) is 12.3. The first-order chi connectivity index (χ1) is 8.22. The Morgan fingerprint density at radius 2 is 2.29 bits per heavy atom. The van der Waals surface area contributed by atoms with Gasteiger partial charge in [0.05, 0.1) is 12.6 Å². The van der Waals surface area contributed by atoms with Gasteiger partial charge < -0.3 is 9.64 Å². The number of aromatic nitrogens is 1. The average Bonchev–Trinajstić information content (AvgIpc) is 2.78. The molecule has 1 aliphatic rings. The monoisotopic (exact) mass is 234 g/mol. The van der Waals surface area contributed by atoms with E-state index in [1.807, 2.05) is 6.20 Å². The molecule has 0 bridgehead atoms. The highest BCUT2D eigenvalue weighted by molar-refractivity contribution is 5.42. The summed E-state index contributed by atoms with van der Waals surface area (Å²) in [7, 11) is 1.77. The second-order valence-electron chi connectivity index (χ2n) is 5.05. The van der Waals surface area contributed by atoms with E-state index in [-0.39, 0.29) is 0 Å². The van der Waals surface area contributed by atoms with Gasteiger partial charge in [0, 0.05) is 19.9 Å². The zero-order valence-corrected chi connectivity index (χ0v) is 11.0. The second kappa shape index (κ2) is 5.50. The van der Waals surface area contributed by atoms with E-state index in [0.717, 1.165) is 19.0 Å². The minimum absolute atomic E-state index is 0.498. The van der Waals surface area contributed by atoms with E-state index in [1.165, 1.54) is 18.4 Å². The van der Waals surface area contributed by atoms with Gasteiger partial charge in [0.2, 0.25) is 0 Å². The summed E-state index contributed by atoms with van der Waals surface area (Å²) in [5, 5.41) is 0. The van der Waals surface area contributed by atoms with Crippen molar-refractivity contribution in [1.29, 1.82) is 0 Å². The van der Waals surface area contributed by atoms with Crippen LogP contribution in [0.3, 0.4) is 0 Å². The minimum atomic E-state index is 0.498. The minimum Gasteiger partial charge on any atom is -0.383 e. The molecule has 0 amide bonds. The van der Waals surface area contributed by atoms with Crippen molar-refractivity contribution in [3.8, 4) is 0 Å². The number of rotatable bonds is 4. The van der Waals surface area contributed by atoms with E-state index in [4.69, 9.17) is 4.74 Å². The van der Waals surface area contributed by atoms with E-state index in [9.17, 15) is 0 Å². The molecule has 0 spiro atoms. The Bertz CT molecular complexity index is 348. The normalized spacial score (nSPS) is 20.2. The Hall–Kier alpha value is -1.09. The molecule has 1 saturated heterocycles. The number of anilines is 1. The van der Waals surface area contributed by atoms with Gasteiger partial charge in [0.15, 0.2) is 0 Å². The van der Waals surface area contributed by atoms with E-state index in [1.54, 1.807) is 7.11 Å². The molecular formula is C14H22N2O. The van der Waals surface area contributed by atoms with Gasteiger partial charge in [-0.05, 0) is 30.4 Å². The first-order valence-corrected chi connectivity index (χ1v) is 6.44. The van der Waals surface area contributed by atoms with E-state index in [2.05, 4.69) is 35.9 Å². The fourth-order valence-electron chi connectivity index (χ4n) is 2.41. The molecule has 2 heterocycles. The third-order valence-corrected chi connectivity index (χ3v) is 3.47. The SMILES string of the molecule is COC[C@@H]1CCCN1c1ccc(C(C)C)cn1. The fourth-order valence-corrected chi connectivity index (χ4v) is 2.41. The molecule has 1 aliphatic heterocycles. The molecule has 1 aromatic heterocycles. The van der Waals surface area contributed by atoms with Crippen LogP contribution >= 0.6 is 0 Å². The van der Waals surface area contributed by atoms with E-state index >= 15 is 0 Å². The van der Waals surface area contributed by atoms with Gasteiger partial charge in [0.1, 0.15) is 5.82 Å². The molecule has 1 aromatic rings.